The molecule has 35 heavy (non-hydrogen) atoms. The van der Waals surface area contributed by atoms with Crippen LogP contribution in [0.5, 0.6) is 0 Å². The summed E-state index contributed by atoms with van der Waals surface area (Å²) < 4.78 is 4.03. The zero-order valence-electron chi connectivity index (χ0n) is 19.2. The highest BCUT2D eigenvalue weighted by atomic mass is 35.5. The van der Waals surface area contributed by atoms with Crippen LogP contribution in [0, 0.1) is 13.8 Å². The quantitative estimate of drug-likeness (QED) is 0.366. The predicted molar refractivity (Wildman–Crippen MR) is 130 cm³/mol. The molecule has 178 valence electrons. The van der Waals surface area contributed by atoms with E-state index in [1.54, 1.807) is 16.8 Å². The summed E-state index contributed by atoms with van der Waals surface area (Å²) >= 11 is 6.48. The fraction of sp³-hybridized carbons (Fsp3) is 0.227. The van der Waals surface area contributed by atoms with E-state index in [2.05, 4.69) is 36.0 Å². The maximum atomic E-state index is 13.5. The second-order valence-electron chi connectivity index (χ2n) is 8.32. The SMILES string of the molecule is Cc1cc(C)cc(Cn2c(Nc3cc4cn(C)nc4cc3Cl)nc(=O)n(Cc3nn[nH]n3)c2=O)c1. The molecule has 5 rings (SSSR count). The van der Waals surface area contributed by atoms with Gasteiger partial charge in [0.1, 0.15) is 0 Å². The van der Waals surface area contributed by atoms with Gasteiger partial charge in [0.15, 0.2) is 5.82 Å². The van der Waals surface area contributed by atoms with Crippen LogP contribution in [0.4, 0.5) is 11.6 Å². The average Bonchev–Trinajstić information content (AvgIpc) is 3.42. The monoisotopic (exact) mass is 492 g/mol. The number of nitrogens with zero attached hydrogens (tertiary/aromatic N) is 8. The standard InChI is InChI=1S/C22H21ClN10O2/c1-12-4-13(2)6-14(5-12)9-32-20(24-18-7-15-10-31(3)28-17(15)8-16(18)23)25-21(34)33(22(32)35)11-19-26-29-30-27-19/h4-8,10H,9,11H2,1-3H3,(H,24,25,34)(H,26,27,29,30). The Labute approximate surface area is 203 Å². The summed E-state index contributed by atoms with van der Waals surface area (Å²) in [4.78, 5) is 30.5. The van der Waals surface area contributed by atoms with Gasteiger partial charge in [-0.05, 0) is 31.5 Å². The Morgan fingerprint density at radius 3 is 2.51 bits per heavy atom. The molecule has 12 nitrogen and oxygen atoms in total. The van der Waals surface area contributed by atoms with Gasteiger partial charge in [-0.2, -0.15) is 15.3 Å². The second kappa shape index (κ2) is 8.80. The smallest absolute Gasteiger partial charge is 0.324 e. The van der Waals surface area contributed by atoms with Crippen LogP contribution in [0.1, 0.15) is 22.5 Å². The molecule has 5 aromatic rings. The minimum absolute atomic E-state index is 0.0636. The number of benzene rings is 2. The number of anilines is 2. The molecular formula is C22H21ClN10O2. The van der Waals surface area contributed by atoms with Gasteiger partial charge in [0.2, 0.25) is 5.95 Å². The maximum Gasteiger partial charge on any atom is 0.355 e. The van der Waals surface area contributed by atoms with E-state index in [9.17, 15) is 9.59 Å². The average molecular weight is 493 g/mol. The van der Waals surface area contributed by atoms with Gasteiger partial charge >= 0.3 is 11.4 Å². The topological polar surface area (TPSA) is 141 Å². The predicted octanol–water partition coefficient (Wildman–Crippen LogP) is 1.92. The molecule has 3 heterocycles. The van der Waals surface area contributed by atoms with Crippen LogP contribution in [0.3, 0.4) is 0 Å². The molecule has 0 aliphatic rings. The highest BCUT2D eigenvalue weighted by Crippen LogP contribution is 2.29. The maximum absolute atomic E-state index is 13.5. The first kappa shape index (κ1) is 22.5. The molecule has 0 fully saturated rings. The summed E-state index contributed by atoms with van der Waals surface area (Å²) in [5.74, 6) is 0.253. The van der Waals surface area contributed by atoms with E-state index in [1.807, 2.05) is 45.3 Å². The number of fused-ring (bicyclic) bond motifs is 1. The summed E-state index contributed by atoms with van der Waals surface area (Å²) in [6.07, 6.45) is 1.84. The third-order valence-corrected chi connectivity index (χ3v) is 5.73. The van der Waals surface area contributed by atoms with Crippen LogP contribution in [0.15, 0.2) is 46.1 Å². The summed E-state index contributed by atoms with van der Waals surface area (Å²) in [7, 11) is 1.81. The Morgan fingerprint density at radius 2 is 1.80 bits per heavy atom. The van der Waals surface area contributed by atoms with Crippen molar-refractivity contribution < 1.29 is 0 Å². The largest absolute Gasteiger partial charge is 0.355 e. The molecule has 0 atom stereocenters. The van der Waals surface area contributed by atoms with Crippen molar-refractivity contribution in [2.75, 3.05) is 5.32 Å². The summed E-state index contributed by atoms with van der Waals surface area (Å²) in [6.45, 7) is 3.97. The van der Waals surface area contributed by atoms with Gasteiger partial charge in [-0.25, -0.2) is 14.2 Å². The Bertz CT molecular complexity index is 1650. The van der Waals surface area contributed by atoms with Gasteiger partial charge in [0.05, 0.1) is 29.3 Å². The molecule has 0 amide bonds. The molecule has 0 radical (unpaired) electrons. The zero-order valence-corrected chi connectivity index (χ0v) is 19.9. The minimum Gasteiger partial charge on any atom is -0.324 e. The molecule has 2 aromatic carbocycles. The van der Waals surface area contributed by atoms with Crippen molar-refractivity contribution in [2.24, 2.45) is 7.05 Å². The Hall–Kier alpha value is -4.32. The first-order valence-corrected chi connectivity index (χ1v) is 11.1. The van der Waals surface area contributed by atoms with Crippen molar-refractivity contribution in [2.45, 2.75) is 26.9 Å². The number of hydrogen-bond donors (Lipinski definition) is 2. The number of aromatic nitrogens is 9. The lowest BCUT2D eigenvalue weighted by Gasteiger charge is -2.16. The van der Waals surface area contributed by atoms with Crippen molar-refractivity contribution >= 4 is 34.1 Å². The van der Waals surface area contributed by atoms with Crippen LogP contribution in [-0.2, 0) is 20.1 Å². The molecule has 3 aromatic heterocycles. The number of tetrazole rings is 1. The third-order valence-electron chi connectivity index (χ3n) is 5.42. The van der Waals surface area contributed by atoms with Crippen molar-refractivity contribution in [3.8, 4) is 0 Å². The van der Waals surface area contributed by atoms with E-state index in [0.29, 0.717) is 10.7 Å². The first-order valence-electron chi connectivity index (χ1n) is 10.7. The van der Waals surface area contributed by atoms with Crippen molar-refractivity contribution in [1.29, 1.82) is 0 Å². The summed E-state index contributed by atoms with van der Waals surface area (Å²) in [6, 6.07) is 9.51. The molecule has 0 bridgehead atoms. The van der Waals surface area contributed by atoms with Crippen LogP contribution in [0.25, 0.3) is 10.9 Å². The van der Waals surface area contributed by atoms with E-state index >= 15 is 0 Å². The molecule has 13 heteroatoms. The van der Waals surface area contributed by atoms with E-state index in [1.165, 1.54) is 4.57 Å². The van der Waals surface area contributed by atoms with Gasteiger partial charge in [0, 0.05) is 18.6 Å². The minimum atomic E-state index is -0.752. The molecule has 0 aliphatic heterocycles. The van der Waals surface area contributed by atoms with E-state index < -0.39 is 11.4 Å². The van der Waals surface area contributed by atoms with E-state index in [4.69, 9.17) is 11.6 Å². The number of aromatic amines is 1. The van der Waals surface area contributed by atoms with Crippen LogP contribution < -0.4 is 16.7 Å². The third kappa shape index (κ3) is 4.55. The molecular weight excluding hydrogens is 472 g/mol. The van der Waals surface area contributed by atoms with Crippen LogP contribution >= 0.6 is 11.6 Å². The van der Waals surface area contributed by atoms with E-state index in [-0.39, 0.29) is 24.9 Å². The van der Waals surface area contributed by atoms with Crippen molar-refractivity contribution in [1.82, 2.24) is 44.5 Å². The summed E-state index contributed by atoms with van der Waals surface area (Å²) in [5.41, 5.74) is 2.88. The molecule has 2 N–H and O–H groups in total. The second-order valence-corrected chi connectivity index (χ2v) is 8.72. The number of rotatable bonds is 6. The fourth-order valence-electron chi connectivity index (χ4n) is 4.02. The molecule has 0 saturated carbocycles. The van der Waals surface area contributed by atoms with Crippen LogP contribution in [-0.4, -0.2) is 44.5 Å². The Kier molecular flexibility index (Phi) is 5.65. The van der Waals surface area contributed by atoms with Crippen LogP contribution in [0.2, 0.25) is 5.02 Å². The lowest BCUT2D eigenvalue weighted by molar-refractivity contribution is 0.577. The van der Waals surface area contributed by atoms with Gasteiger partial charge in [-0.3, -0.25) is 9.25 Å². The number of nitrogens with one attached hydrogen (secondary N) is 2. The lowest BCUT2D eigenvalue weighted by Crippen LogP contribution is -2.43. The molecule has 0 saturated heterocycles. The highest BCUT2D eigenvalue weighted by Gasteiger charge is 2.17. The van der Waals surface area contributed by atoms with Gasteiger partial charge in [0.25, 0.3) is 0 Å². The first-order chi connectivity index (χ1) is 16.8. The lowest BCUT2D eigenvalue weighted by atomic mass is 10.1. The van der Waals surface area contributed by atoms with Crippen molar-refractivity contribution in [3.05, 3.63) is 85.0 Å². The normalized spacial score (nSPS) is 11.3. The highest BCUT2D eigenvalue weighted by molar-refractivity contribution is 6.34. The number of hydrogen-bond acceptors (Lipinski definition) is 8. The zero-order chi connectivity index (χ0) is 24.7. The van der Waals surface area contributed by atoms with Gasteiger partial charge < -0.3 is 5.32 Å². The van der Waals surface area contributed by atoms with E-state index in [0.717, 1.165) is 32.2 Å². The van der Waals surface area contributed by atoms with Gasteiger partial charge in [-0.1, -0.05) is 46.1 Å². The number of H-pyrrole nitrogens is 1. The molecule has 0 spiro atoms. The number of halogens is 1. The Morgan fingerprint density at radius 1 is 1.03 bits per heavy atom. The molecule has 0 aliphatic carbocycles. The molecule has 0 unspecified atom stereocenters. The van der Waals surface area contributed by atoms with Gasteiger partial charge in [-0.15, -0.1) is 10.2 Å². The Balaban J connectivity index is 1.63. The number of aryl methyl sites for hydroxylation is 3. The fourth-order valence-corrected chi connectivity index (χ4v) is 4.23. The summed E-state index contributed by atoms with van der Waals surface area (Å²) in [5, 5.41) is 22.1. The van der Waals surface area contributed by atoms with Crippen molar-refractivity contribution in [3.63, 3.8) is 0 Å².